The van der Waals surface area contributed by atoms with Gasteiger partial charge in [-0.05, 0) is 35.9 Å². The molecular weight excluding hydrogens is 324 g/mol. The summed E-state index contributed by atoms with van der Waals surface area (Å²) < 4.78 is 15.2. The number of hydrogen-bond donors (Lipinski definition) is 0. The lowest BCUT2D eigenvalue weighted by Crippen LogP contribution is -2.01. The van der Waals surface area contributed by atoms with Gasteiger partial charge in [0.05, 0.1) is 18.2 Å². The van der Waals surface area contributed by atoms with E-state index in [0.717, 1.165) is 0 Å². The van der Waals surface area contributed by atoms with E-state index in [1.54, 1.807) is 36.4 Å². The molecular formula is C19H14O6. The van der Waals surface area contributed by atoms with Crippen molar-refractivity contribution in [1.29, 1.82) is 0 Å². The van der Waals surface area contributed by atoms with Crippen LogP contribution in [0.25, 0.3) is 6.08 Å². The predicted molar refractivity (Wildman–Crippen MR) is 88.5 cm³/mol. The van der Waals surface area contributed by atoms with E-state index in [4.69, 9.17) is 9.47 Å². The van der Waals surface area contributed by atoms with E-state index in [1.807, 2.05) is 0 Å². The number of carbonyl (C=O) groups is 3. The van der Waals surface area contributed by atoms with Gasteiger partial charge in [0.25, 0.3) is 0 Å². The van der Waals surface area contributed by atoms with E-state index in [0.29, 0.717) is 28.2 Å². The third-order valence-corrected chi connectivity index (χ3v) is 3.53. The molecule has 0 unspecified atom stereocenters. The molecule has 0 saturated carbocycles. The zero-order valence-corrected chi connectivity index (χ0v) is 13.6. The highest BCUT2D eigenvalue weighted by Gasteiger charge is 2.27. The van der Waals surface area contributed by atoms with Crippen LogP contribution in [0.3, 0.4) is 0 Å². The van der Waals surface area contributed by atoms with Crippen LogP contribution in [0.1, 0.15) is 33.2 Å². The fourth-order valence-corrected chi connectivity index (χ4v) is 2.38. The normalized spacial score (nSPS) is 14.0. The number of hydrogen-bond acceptors (Lipinski definition) is 6. The van der Waals surface area contributed by atoms with Gasteiger partial charge in [-0.2, -0.15) is 0 Å². The second-order valence-electron chi connectivity index (χ2n) is 5.30. The molecule has 0 radical (unpaired) electrons. The summed E-state index contributed by atoms with van der Waals surface area (Å²) in [6, 6.07) is 11.2. The first-order valence-electron chi connectivity index (χ1n) is 7.43. The average molecular weight is 338 g/mol. The van der Waals surface area contributed by atoms with Gasteiger partial charge in [0.15, 0.2) is 5.76 Å². The van der Waals surface area contributed by atoms with Gasteiger partial charge in [-0.25, -0.2) is 4.79 Å². The predicted octanol–water partition coefficient (Wildman–Crippen LogP) is 3.01. The fraction of sp³-hybridized carbons (Fsp3) is 0.105. The van der Waals surface area contributed by atoms with Crippen LogP contribution in [0.15, 0.2) is 48.2 Å². The Bertz CT molecular complexity index is 893. The van der Waals surface area contributed by atoms with Crippen molar-refractivity contribution in [2.24, 2.45) is 0 Å². The zero-order chi connectivity index (χ0) is 18.0. The summed E-state index contributed by atoms with van der Waals surface area (Å²) >= 11 is 0. The molecule has 0 bridgehead atoms. The summed E-state index contributed by atoms with van der Waals surface area (Å²) in [5.41, 5.74) is 1.51. The highest BCUT2D eigenvalue weighted by atomic mass is 16.5. The van der Waals surface area contributed by atoms with Crippen LogP contribution in [-0.2, 0) is 9.53 Å². The van der Waals surface area contributed by atoms with Crippen LogP contribution in [0.2, 0.25) is 0 Å². The Balaban J connectivity index is 1.84. The Morgan fingerprint density at radius 1 is 1.08 bits per heavy atom. The molecule has 25 heavy (non-hydrogen) atoms. The van der Waals surface area contributed by atoms with Crippen molar-refractivity contribution in [3.05, 3.63) is 64.9 Å². The summed E-state index contributed by atoms with van der Waals surface area (Å²) in [4.78, 5) is 34.8. The van der Waals surface area contributed by atoms with Gasteiger partial charge in [0, 0.05) is 13.0 Å². The summed E-state index contributed by atoms with van der Waals surface area (Å²) in [6.07, 6.45) is 1.58. The zero-order valence-electron chi connectivity index (χ0n) is 13.6. The van der Waals surface area contributed by atoms with Gasteiger partial charge in [-0.15, -0.1) is 0 Å². The Labute approximate surface area is 143 Å². The molecule has 0 fully saturated rings. The number of ketones is 1. The number of fused-ring (bicyclic) bond motifs is 1. The number of allylic oxidation sites excluding steroid dienone is 1. The molecule has 6 heteroatoms. The second kappa shape index (κ2) is 6.60. The van der Waals surface area contributed by atoms with Crippen molar-refractivity contribution in [2.75, 3.05) is 7.11 Å². The van der Waals surface area contributed by atoms with Gasteiger partial charge >= 0.3 is 11.9 Å². The highest BCUT2D eigenvalue weighted by molar-refractivity contribution is 6.14. The Kier molecular flexibility index (Phi) is 4.35. The lowest BCUT2D eigenvalue weighted by molar-refractivity contribution is -0.131. The van der Waals surface area contributed by atoms with Crippen molar-refractivity contribution < 1.29 is 28.6 Å². The number of rotatable bonds is 3. The Morgan fingerprint density at radius 3 is 2.44 bits per heavy atom. The van der Waals surface area contributed by atoms with Crippen molar-refractivity contribution in [2.45, 2.75) is 6.92 Å². The molecule has 126 valence electrons. The Morgan fingerprint density at radius 2 is 1.80 bits per heavy atom. The number of esters is 2. The van der Waals surface area contributed by atoms with Crippen molar-refractivity contribution >= 4 is 23.8 Å². The van der Waals surface area contributed by atoms with E-state index < -0.39 is 11.9 Å². The molecule has 3 rings (SSSR count). The van der Waals surface area contributed by atoms with Crippen LogP contribution in [0.5, 0.6) is 11.5 Å². The lowest BCUT2D eigenvalue weighted by Gasteiger charge is -2.03. The van der Waals surface area contributed by atoms with E-state index >= 15 is 0 Å². The minimum atomic E-state index is -0.453. The number of methoxy groups -OCH3 is 1. The summed E-state index contributed by atoms with van der Waals surface area (Å²) in [5.74, 6) is -0.352. The molecule has 6 nitrogen and oxygen atoms in total. The molecule has 0 aromatic heterocycles. The number of carbonyl (C=O) groups excluding carboxylic acids is 3. The molecule has 0 saturated heterocycles. The molecule has 2 aromatic rings. The first-order chi connectivity index (χ1) is 12.0. The first-order valence-corrected chi connectivity index (χ1v) is 7.43. The molecule has 1 aliphatic rings. The first kappa shape index (κ1) is 16.4. The van der Waals surface area contributed by atoms with Crippen molar-refractivity contribution in [3.63, 3.8) is 0 Å². The number of benzene rings is 2. The van der Waals surface area contributed by atoms with Crippen LogP contribution in [0, 0.1) is 0 Å². The summed E-state index contributed by atoms with van der Waals surface area (Å²) in [5, 5.41) is 0. The van der Waals surface area contributed by atoms with Crippen LogP contribution < -0.4 is 9.47 Å². The van der Waals surface area contributed by atoms with E-state index in [-0.39, 0.29) is 11.5 Å². The SMILES string of the molecule is COC(=O)c1ccc(/C=C2/Oc3cc(OC(C)=O)ccc3C2=O)cc1. The smallest absolute Gasteiger partial charge is 0.337 e. The molecule has 1 heterocycles. The van der Waals surface area contributed by atoms with E-state index in [9.17, 15) is 14.4 Å². The molecule has 0 atom stereocenters. The molecule has 0 spiro atoms. The van der Waals surface area contributed by atoms with Gasteiger partial charge < -0.3 is 14.2 Å². The molecule has 2 aromatic carbocycles. The molecule has 0 amide bonds. The van der Waals surface area contributed by atoms with Crippen LogP contribution in [-0.4, -0.2) is 24.8 Å². The lowest BCUT2D eigenvalue weighted by atomic mass is 10.1. The second-order valence-corrected chi connectivity index (χ2v) is 5.30. The standard InChI is InChI=1S/C19H14O6/c1-11(20)24-14-7-8-15-16(10-14)25-17(18(15)21)9-12-3-5-13(6-4-12)19(22)23-2/h3-10H,1-2H3/b17-9+. The topological polar surface area (TPSA) is 78.9 Å². The monoisotopic (exact) mass is 338 g/mol. The van der Waals surface area contributed by atoms with Gasteiger partial charge in [0.2, 0.25) is 5.78 Å². The largest absolute Gasteiger partial charge is 0.465 e. The maximum atomic E-state index is 12.4. The fourth-order valence-electron chi connectivity index (χ4n) is 2.38. The number of ether oxygens (including phenoxy) is 3. The third-order valence-electron chi connectivity index (χ3n) is 3.53. The summed E-state index contributed by atoms with van der Waals surface area (Å²) in [7, 11) is 1.31. The maximum absolute atomic E-state index is 12.4. The maximum Gasteiger partial charge on any atom is 0.337 e. The van der Waals surface area contributed by atoms with Crippen LogP contribution in [0.4, 0.5) is 0 Å². The minimum Gasteiger partial charge on any atom is -0.465 e. The number of Topliss-reactive ketones (excluding diaryl/α,β-unsaturated/α-hetero) is 1. The Hall–Kier alpha value is -3.41. The quantitative estimate of drug-likeness (QED) is 0.486. The van der Waals surface area contributed by atoms with Crippen LogP contribution >= 0.6 is 0 Å². The molecule has 1 aliphatic heterocycles. The summed E-state index contributed by atoms with van der Waals surface area (Å²) in [6.45, 7) is 1.29. The average Bonchev–Trinajstić information content (AvgIpc) is 2.89. The van der Waals surface area contributed by atoms with E-state index in [1.165, 1.54) is 26.2 Å². The molecule has 0 N–H and O–H groups in total. The highest BCUT2D eigenvalue weighted by Crippen LogP contribution is 2.34. The van der Waals surface area contributed by atoms with E-state index in [2.05, 4.69) is 4.74 Å². The third kappa shape index (κ3) is 3.42. The van der Waals surface area contributed by atoms with Gasteiger partial charge in [0.1, 0.15) is 11.5 Å². The van der Waals surface area contributed by atoms with Crippen molar-refractivity contribution in [1.82, 2.24) is 0 Å². The van der Waals surface area contributed by atoms with Gasteiger partial charge in [-0.3, -0.25) is 9.59 Å². The van der Waals surface area contributed by atoms with Gasteiger partial charge in [-0.1, -0.05) is 12.1 Å². The minimum absolute atomic E-state index is 0.154. The van der Waals surface area contributed by atoms with Crippen molar-refractivity contribution in [3.8, 4) is 11.5 Å². The molecule has 0 aliphatic carbocycles.